The normalized spacial score (nSPS) is 19.3. The monoisotopic (exact) mass is 481 g/mol. The van der Waals surface area contributed by atoms with E-state index in [9.17, 15) is 14.7 Å². The molecule has 7 nitrogen and oxygen atoms in total. The van der Waals surface area contributed by atoms with Gasteiger partial charge in [-0.15, -0.1) is 0 Å². The summed E-state index contributed by atoms with van der Waals surface area (Å²) in [6.45, 7) is 1.85. The average Bonchev–Trinajstić information content (AvgIpc) is 3.45. The molecule has 8 heteroatoms. The van der Waals surface area contributed by atoms with Gasteiger partial charge in [0.25, 0.3) is 11.7 Å². The molecule has 1 fully saturated rings. The van der Waals surface area contributed by atoms with Gasteiger partial charge < -0.3 is 19.0 Å². The maximum atomic E-state index is 13.1. The highest BCUT2D eigenvalue weighted by atomic mass is 79.9. The largest absolute Gasteiger partial charge is 0.507 e. The summed E-state index contributed by atoms with van der Waals surface area (Å²) in [6.07, 6.45) is 0. The SMILES string of the molecule is Cc1ccc(C2/C(=C(/O)c3ccc4c(c3)OCO4)C(=O)C(=O)N2c2cccc(Br)c2)o1. The molecule has 0 saturated carbocycles. The van der Waals surface area contributed by atoms with Crippen LogP contribution in [-0.4, -0.2) is 23.6 Å². The van der Waals surface area contributed by atoms with E-state index < -0.39 is 17.7 Å². The van der Waals surface area contributed by atoms with Crippen LogP contribution in [0.2, 0.25) is 0 Å². The van der Waals surface area contributed by atoms with E-state index in [0.29, 0.717) is 34.3 Å². The number of aliphatic hydroxyl groups is 1. The highest BCUT2D eigenvalue weighted by Crippen LogP contribution is 2.44. The Balaban J connectivity index is 1.70. The summed E-state index contributed by atoms with van der Waals surface area (Å²) in [4.78, 5) is 27.5. The number of hydrogen-bond acceptors (Lipinski definition) is 6. The zero-order chi connectivity index (χ0) is 21.7. The Hall–Kier alpha value is -3.52. The van der Waals surface area contributed by atoms with Crippen molar-refractivity contribution in [1.82, 2.24) is 0 Å². The molecule has 156 valence electrons. The van der Waals surface area contributed by atoms with Gasteiger partial charge in [0.15, 0.2) is 11.5 Å². The number of carbonyl (C=O) groups excluding carboxylic acids is 2. The van der Waals surface area contributed by atoms with Gasteiger partial charge in [0.2, 0.25) is 6.79 Å². The molecule has 1 saturated heterocycles. The van der Waals surface area contributed by atoms with Gasteiger partial charge in [0.05, 0.1) is 5.57 Å². The Kier molecular flexibility index (Phi) is 4.59. The number of furan rings is 1. The molecule has 2 aliphatic heterocycles. The Labute approximate surface area is 185 Å². The van der Waals surface area contributed by atoms with Gasteiger partial charge in [-0.1, -0.05) is 22.0 Å². The average molecular weight is 482 g/mol. The Morgan fingerprint density at radius 2 is 1.87 bits per heavy atom. The molecule has 1 aromatic heterocycles. The van der Waals surface area contributed by atoms with E-state index in [1.807, 2.05) is 6.07 Å². The van der Waals surface area contributed by atoms with Crippen molar-refractivity contribution in [3.05, 3.63) is 81.7 Å². The summed E-state index contributed by atoms with van der Waals surface area (Å²) < 4.78 is 17.2. The highest BCUT2D eigenvalue weighted by Gasteiger charge is 2.48. The van der Waals surface area contributed by atoms with Gasteiger partial charge >= 0.3 is 0 Å². The van der Waals surface area contributed by atoms with Crippen LogP contribution < -0.4 is 14.4 Å². The molecule has 0 spiro atoms. The Morgan fingerprint density at radius 3 is 2.61 bits per heavy atom. The number of halogens is 1. The molecule has 3 aromatic rings. The second-order valence-corrected chi connectivity index (χ2v) is 8.08. The van der Waals surface area contributed by atoms with E-state index in [4.69, 9.17) is 13.9 Å². The topological polar surface area (TPSA) is 89.2 Å². The number of nitrogens with zero attached hydrogens (tertiary/aromatic N) is 1. The van der Waals surface area contributed by atoms with E-state index in [-0.39, 0.29) is 18.1 Å². The lowest BCUT2D eigenvalue weighted by atomic mass is 9.99. The van der Waals surface area contributed by atoms with E-state index in [1.165, 1.54) is 4.90 Å². The van der Waals surface area contributed by atoms with E-state index in [2.05, 4.69) is 15.9 Å². The fraction of sp³-hybridized carbons (Fsp3) is 0.130. The summed E-state index contributed by atoms with van der Waals surface area (Å²) in [5.74, 6) is 0.138. The number of amides is 1. The molecule has 1 N–H and O–H groups in total. The van der Waals surface area contributed by atoms with Gasteiger partial charge in [-0.3, -0.25) is 14.5 Å². The molecule has 1 amide bonds. The first-order valence-electron chi connectivity index (χ1n) is 9.47. The van der Waals surface area contributed by atoms with Crippen LogP contribution in [0.5, 0.6) is 11.5 Å². The molecule has 2 aliphatic rings. The van der Waals surface area contributed by atoms with Crippen molar-refractivity contribution in [3.63, 3.8) is 0 Å². The first kappa shape index (κ1) is 19.4. The quantitative estimate of drug-likeness (QED) is 0.331. The second kappa shape index (κ2) is 7.31. The molecular weight excluding hydrogens is 466 g/mol. The lowest BCUT2D eigenvalue weighted by Crippen LogP contribution is -2.29. The summed E-state index contributed by atoms with van der Waals surface area (Å²) >= 11 is 3.40. The minimum absolute atomic E-state index is 0.0572. The van der Waals surface area contributed by atoms with Crippen molar-refractivity contribution in [3.8, 4) is 11.5 Å². The lowest BCUT2D eigenvalue weighted by molar-refractivity contribution is -0.132. The molecule has 0 aliphatic carbocycles. The number of carbonyl (C=O) groups is 2. The standard InChI is InChI=1S/C23H16BrNO6/c1-12-5-7-17(31-12)20-19(21(26)13-6-8-16-18(9-13)30-11-29-16)22(27)23(28)25(20)15-4-2-3-14(24)10-15/h2-10,20,26H,11H2,1H3/b21-19-. The first-order chi connectivity index (χ1) is 14.9. The predicted molar refractivity (Wildman–Crippen MR) is 115 cm³/mol. The van der Waals surface area contributed by atoms with Gasteiger partial charge in [0.1, 0.15) is 23.3 Å². The minimum atomic E-state index is -0.923. The maximum absolute atomic E-state index is 13.1. The number of ether oxygens (including phenoxy) is 2. The summed E-state index contributed by atoms with van der Waals surface area (Å²) in [7, 11) is 0. The van der Waals surface area contributed by atoms with Crippen molar-refractivity contribution in [1.29, 1.82) is 0 Å². The predicted octanol–water partition coefficient (Wildman–Crippen LogP) is 4.71. The van der Waals surface area contributed by atoms with Crippen molar-refractivity contribution in [2.24, 2.45) is 0 Å². The molecular formula is C23H16BrNO6. The summed E-state index contributed by atoms with van der Waals surface area (Å²) in [6, 6.07) is 14.4. The third kappa shape index (κ3) is 3.19. The summed E-state index contributed by atoms with van der Waals surface area (Å²) in [5.41, 5.74) is 0.781. The Bertz CT molecular complexity index is 1260. The fourth-order valence-electron chi connectivity index (χ4n) is 3.79. The number of aliphatic hydroxyl groups excluding tert-OH is 1. The molecule has 2 aromatic carbocycles. The molecule has 3 heterocycles. The molecule has 0 radical (unpaired) electrons. The van der Waals surface area contributed by atoms with Crippen LogP contribution in [-0.2, 0) is 9.59 Å². The van der Waals surface area contributed by atoms with E-state index >= 15 is 0 Å². The zero-order valence-corrected chi connectivity index (χ0v) is 17.9. The van der Waals surface area contributed by atoms with E-state index in [0.717, 1.165) is 4.47 Å². The number of aryl methyl sites for hydroxylation is 1. The number of anilines is 1. The molecule has 0 bridgehead atoms. The number of ketones is 1. The van der Waals surface area contributed by atoms with Crippen molar-refractivity contribution < 1.29 is 28.6 Å². The highest BCUT2D eigenvalue weighted by molar-refractivity contribution is 9.10. The third-order valence-electron chi connectivity index (χ3n) is 5.21. The third-order valence-corrected chi connectivity index (χ3v) is 5.70. The van der Waals surface area contributed by atoms with Crippen molar-refractivity contribution in [2.75, 3.05) is 11.7 Å². The molecule has 1 atom stereocenters. The second-order valence-electron chi connectivity index (χ2n) is 7.17. The van der Waals surface area contributed by atoms with Crippen LogP contribution in [0.25, 0.3) is 5.76 Å². The number of benzene rings is 2. The zero-order valence-electron chi connectivity index (χ0n) is 16.3. The van der Waals surface area contributed by atoms with Gasteiger partial charge in [-0.25, -0.2) is 0 Å². The smallest absolute Gasteiger partial charge is 0.300 e. The number of fused-ring (bicyclic) bond motifs is 1. The van der Waals surface area contributed by atoms with Crippen LogP contribution in [0.1, 0.15) is 23.1 Å². The van der Waals surface area contributed by atoms with Gasteiger partial charge in [0, 0.05) is 15.7 Å². The van der Waals surface area contributed by atoms with Crippen LogP contribution in [0, 0.1) is 6.92 Å². The number of rotatable bonds is 3. The van der Waals surface area contributed by atoms with E-state index in [1.54, 1.807) is 55.5 Å². The van der Waals surface area contributed by atoms with Crippen LogP contribution in [0.4, 0.5) is 5.69 Å². The number of Topliss-reactive ketones (excluding diaryl/α,β-unsaturated/α-hetero) is 1. The summed E-state index contributed by atoms with van der Waals surface area (Å²) in [5, 5.41) is 11.1. The molecule has 31 heavy (non-hydrogen) atoms. The van der Waals surface area contributed by atoms with Crippen LogP contribution in [0.15, 0.2) is 69.1 Å². The number of hydrogen-bond donors (Lipinski definition) is 1. The maximum Gasteiger partial charge on any atom is 0.300 e. The minimum Gasteiger partial charge on any atom is -0.507 e. The molecule has 5 rings (SSSR count). The first-order valence-corrected chi connectivity index (χ1v) is 10.3. The lowest BCUT2D eigenvalue weighted by Gasteiger charge is -2.23. The van der Waals surface area contributed by atoms with Crippen LogP contribution >= 0.6 is 15.9 Å². The van der Waals surface area contributed by atoms with Crippen LogP contribution in [0.3, 0.4) is 0 Å². The molecule has 1 unspecified atom stereocenters. The van der Waals surface area contributed by atoms with Crippen molar-refractivity contribution >= 4 is 39.1 Å². The van der Waals surface area contributed by atoms with Gasteiger partial charge in [-0.05, 0) is 55.5 Å². The van der Waals surface area contributed by atoms with Gasteiger partial charge in [-0.2, -0.15) is 0 Å². The Morgan fingerprint density at radius 1 is 1.06 bits per heavy atom. The van der Waals surface area contributed by atoms with Crippen molar-refractivity contribution in [2.45, 2.75) is 13.0 Å². The fourth-order valence-corrected chi connectivity index (χ4v) is 4.18.